The van der Waals surface area contributed by atoms with E-state index in [9.17, 15) is 0 Å². The normalized spacial score (nSPS) is 18.2. The average Bonchev–Trinajstić information content (AvgIpc) is 3.30. The van der Waals surface area contributed by atoms with Crippen LogP contribution in [0.3, 0.4) is 0 Å². The molecule has 4 heterocycles. The second-order valence-corrected chi connectivity index (χ2v) is 6.85. The summed E-state index contributed by atoms with van der Waals surface area (Å²) in [4.78, 5) is 18.2. The van der Waals surface area contributed by atoms with Gasteiger partial charge in [0.1, 0.15) is 17.0 Å². The summed E-state index contributed by atoms with van der Waals surface area (Å²) in [7, 11) is 0. The zero-order valence-electron chi connectivity index (χ0n) is 13.3. The van der Waals surface area contributed by atoms with Crippen molar-refractivity contribution in [2.45, 2.75) is 45.6 Å². The molecule has 0 amide bonds. The van der Waals surface area contributed by atoms with Gasteiger partial charge in [0.15, 0.2) is 5.82 Å². The van der Waals surface area contributed by atoms with Gasteiger partial charge in [-0.05, 0) is 25.3 Å². The molecule has 1 saturated heterocycles. The van der Waals surface area contributed by atoms with Crippen LogP contribution >= 0.6 is 11.3 Å². The Hall–Kier alpha value is -2.02. The number of hydrogen-bond acceptors (Lipinski definition) is 7. The Kier molecular flexibility index (Phi) is 3.72. The second kappa shape index (κ2) is 5.88. The van der Waals surface area contributed by atoms with E-state index in [0.717, 1.165) is 54.1 Å². The van der Waals surface area contributed by atoms with Crippen LogP contribution in [0.2, 0.25) is 0 Å². The Morgan fingerprint density at radius 2 is 2.22 bits per heavy atom. The summed E-state index contributed by atoms with van der Waals surface area (Å²) in [5.74, 6) is 2.47. The van der Waals surface area contributed by atoms with Crippen LogP contribution in [-0.2, 0) is 12.8 Å². The molecular formula is C16H19N5OS. The number of hydrogen-bond donors (Lipinski definition) is 0. The molecule has 3 aromatic heterocycles. The lowest BCUT2D eigenvalue weighted by atomic mass is 10.2. The largest absolute Gasteiger partial charge is 0.346 e. The first-order chi connectivity index (χ1) is 11.3. The van der Waals surface area contributed by atoms with E-state index in [1.54, 1.807) is 17.7 Å². The van der Waals surface area contributed by atoms with Gasteiger partial charge in [0, 0.05) is 17.8 Å². The van der Waals surface area contributed by atoms with E-state index in [1.165, 1.54) is 4.88 Å². The third-order valence-electron chi connectivity index (χ3n) is 4.32. The summed E-state index contributed by atoms with van der Waals surface area (Å²) in [6, 6.07) is 2.36. The first-order valence-electron chi connectivity index (χ1n) is 8.12. The summed E-state index contributed by atoms with van der Waals surface area (Å²) in [5, 5.41) is 5.32. The lowest BCUT2D eigenvalue weighted by molar-refractivity contribution is 0.373. The van der Waals surface area contributed by atoms with Crippen molar-refractivity contribution >= 4 is 27.4 Å². The van der Waals surface area contributed by atoms with Gasteiger partial charge in [-0.3, -0.25) is 0 Å². The van der Waals surface area contributed by atoms with Gasteiger partial charge in [-0.25, -0.2) is 9.97 Å². The lowest BCUT2D eigenvalue weighted by Gasteiger charge is -2.23. The number of thiophene rings is 1. The summed E-state index contributed by atoms with van der Waals surface area (Å²) in [5.41, 5.74) is 0. The minimum absolute atomic E-state index is 0.141. The molecular weight excluding hydrogens is 310 g/mol. The van der Waals surface area contributed by atoms with Gasteiger partial charge in [0.25, 0.3) is 0 Å². The van der Waals surface area contributed by atoms with E-state index in [0.29, 0.717) is 5.89 Å². The van der Waals surface area contributed by atoms with Crippen LogP contribution in [0.25, 0.3) is 10.2 Å². The van der Waals surface area contributed by atoms with Crippen molar-refractivity contribution in [1.82, 2.24) is 20.1 Å². The molecule has 0 spiro atoms. The van der Waals surface area contributed by atoms with Crippen LogP contribution in [0, 0.1) is 0 Å². The molecule has 0 saturated carbocycles. The first-order valence-corrected chi connectivity index (χ1v) is 8.94. The molecule has 7 heteroatoms. The van der Waals surface area contributed by atoms with E-state index in [-0.39, 0.29) is 6.04 Å². The van der Waals surface area contributed by atoms with Crippen LogP contribution in [0.5, 0.6) is 0 Å². The van der Waals surface area contributed by atoms with Crippen molar-refractivity contribution in [2.24, 2.45) is 0 Å². The van der Waals surface area contributed by atoms with Gasteiger partial charge in [-0.15, -0.1) is 11.3 Å². The van der Waals surface area contributed by atoms with E-state index >= 15 is 0 Å². The van der Waals surface area contributed by atoms with Crippen molar-refractivity contribution in [3.8, 4) is 0 Å². The van der Waals surface area contributed by atoms with Gasteiger partial charge >= 0.3 is 0 Å². The molecule has 6 nitrogen and oxygen atoms in total. The van der Waals surface area contributed by atoms with Crippen molar-refractivity contribution < 1.29 is 4.52 Å². The van der Waals surface area contributed by atoms with Crippen molar-refractivity contribution in [2.75, 3.05) is 11.4 Å². The molecule has 1 fully saturated rings. The minimum atomic E-state index is 0.141. The van der Waals surface area contributed by atoms with Crippen LogP contribution < -0.4 is 4.90 Å². The summed E-state index contributed by atoms with van der Waals surface area (Å²) in [6.45, 7) is 5.15. The Bertz CT molecular complexity index is 827. The topological polar surface area (TPSA) is 67.9 Å². The molecule has 23 heavy (non-hydrogen) atoms. The lowest BCUT2D eigenvalue weighted by Crippen LogP contribution is -2.24. The van der Waals surface area contributed by atoms with Gasteiger partial charge in [-0.1, -0.05) is 19.0 Å². The van der Waals surface area contributed by atoms with Gasteiger partial charge < -0.3 is 9.42 Å². The number of rotatable bonds is 4. The van der Waals surface area contributed by atoms with E-state index < -0.39 is 0 Å². The molecule has 1 atom stereocenters. The smallest absolute Gasteiger partial charge is 0.226 e. The highest BCUT2D eigenvalue weighted by Crippen LogP contribution is 2.38. The first kappa shape index (κ1) is 14.6. The molecule has 0 aromatic carbocycles. The Balaban J connectivity index is 1.75. The number of nitrogens with zero attached hydrogens (tertiary/aromatic N) is 5. The summed E-state index contributed by atoms with van der Waals surface area (Å²) in [6.07, 6.45) is 5.59. The van der Waals surface area contributed by atoms with Gasteiger partial charge in [0.05, 0.1) is 11.4 Å². The number of anilines is 1. The standard InChI is InChI=1S/C16H19N5OS/c1-3-10-8-11-15(17-9-18-16(11)23-10)21-7-5-6-12(21)14-19-13(4-2)22-20-14/h8-9,12H,3-7H2,1-2H3/t12-/m1/s1. The Labute approximate surface area is 138 Å². The highest BCUT2D eigenvalue weighted by Gasteiger charge is 2.32. The quantitative estimate of drug-likeness (QED) is 0.729. The molecule has 4 rings (SSSR count). The van der Waals surface area contributed by atoms with Crippen LogP contribution in [0.4, 0.5) is 5.82 Å². The number of fused-ring (bicyclic) bond motifs is 1. The SMILES string of the molecule is CCc1nc([C@H]2CCCN2c2ncnc3sc(CC)cc23)no1. The second-order valence-electron chi connectivity index (χ2n) is 5.73. The highest BCUT2D eigenvalue weighted by molar-refractivity contribution is 7.18. The minimum Gasteiger partial charge on any atom is -0.346 e. The maximum absolute atomic E-state index is 5.30. The fourth-order valence-electron chi connectivity index (χ4n) is 3.13. The molecule has 1 aliphatic rings. The Morgan fingerprint density at radius 3 is 3.00 bits per heavy atom. The van der Waals surface area contributed by atoms with E-state index in [1.807, 2.05) is 6.92 Å². The number of aryl methyl sites for hydroxylation is 2. The van der Waals surface area contributed by atoms with E-state index in [4.69, 9.17) is 4.52 Å². The molecule has 120 valence electrons. The van der Waals surface area contributed by atoms with Crippen LogP contribution in [-0.4, -0.2) is 26.7 Å². The molecule has 0 aliphatic carbocycles. The number of aromatic nitrogens is 4. The molecule has 3 aromatic rings. The van der Waals surface area contributed by atoms with Crippen molar-refractivity contribution in [1.29, 1.82) is 0 Å². The Morgan fingerprint density at radius 1 is 1.30 bits per heavy atom. The van der Waals surface area contributed by atoms with Crippen LogP contribution in [0.1, 0.15) is 49.3 Å². The third kappa shape index (κ3) is 2.49. The predicted molar refractivity (Wildman–Crippen MR) is 89.8 cm³/mol. The zero-order chi connectivity index (χ0) is 15.8. The highest BCUT2D eigenvalue weighted by atomic mass is 32.1. The summed E-state index contributed by atoms with van der Waals surface area (Å²) >= 11 is 1.75. The third-order valence-corrected chi connectivity index (χ3v) is 5.50. The van der Waals surface area contributed by atoms with Crippen molar-refractivity contribution in [3.63, 3.8) is 0 Å². The average molecular weight is 329 g/mol. The van der Waals surface area contributed by atoms with Crippen molar-refractivity contribution in [3.05, 3.63) is 29.0 Å². The van der Waals surface area contributed by atoms with Crippen LogP contribution in [0.15, 0.2) is 16.9 Å². The zero-order valence-corrected chi connectivity index (χ0v) is 14.1. The summed E-state index contributed by atoms with van der Waals surface area (Å²) < 4.78 is 5.30. The van der Waals surface area contributed by atoms with E-state index in [2.05, 4.69) is 38.0 Å². The predicted octanol–water partition coefficient (Wildman–Crippen LogP) is 3.54. The molecule has 0 radical (unpaired) electrons. The van der Waals surface area contributed by atoms with Gasteiger partial charge in [-0.2, -0.15) is 4.98 Å². The fourth-order valence-corrected chi connectivity index (χ4v) is 4.06. The maximum Gasteiger partial charge on any atom is 0.226 e. The molecule has 0 unspecified atom stereocenters. The monoisotopic (exact) mass is 329 g/mol. The molecule has 0 bridgehead atoms. The maximum atomic E-state index is 5.30. The fraction of sp³-hybridized carbons (Fsp3) is 0.500. The molecule has 0 N–H and O–H groups in total. The van der Waals surface area contributed by atoms with Gasteiger partial charge in [0.2, 0.25) is 5.89 Å². The molecule has 1 aliphatic heterocycles.